The molecule has 5 heteroatoms. The van der Waals surface area contributed by atoms with Crippen molar-refractivity contribution in [2.45, 2.75) is 24.9 Å². The summed E-state index contributed by atoms with van der Waals surface area (Å²) in [5.41, 5.74) is 11.9. The van der Waals surface area contributed by atoms with Crippen molar-refractivity contribution < 1.29 is 4.79 Å². The van der Waals surface area contributed by atoms with Gasteiger partial charge in [0.15, 0.2) is 0 Å². The van der Waals surface area contributed by atoms with E-state index in [4.69, 9.17) is 11.5 Å². The lowest BCUT2D eigenvalue weighted by molar-refractivity contribution is -0.135. The van der Waals surface area contributed by atoms with Crippen molar-refractivity contribution in [3.63, 3.8) is 0 Å². The highest BCUT2D eigenvalue weighted by molar-refractivity contribution is 9.10. The molecular formula is C13H18BrN3O. The fourth-order valence-electron chi connectivity index (χ4n) is 2.22. The number of halogens is 1. The number of hydrogen-bond acceptors (Lipinski definition) is 3. The molecule has 0 aliphatic carbocycles. The van der Waals surface area contributed by atoms with Gasteiger partial charge in [0.05, 0.1) is 0 Å². The average molecular weight is 312 g/mol. The maximum atomic E-state index is 12.4. The zero-order chi connectivity index (χ0) is 13.3. The number of nitrogens with zero attached hydrogens (tertiary/aromatic N) is 1. The van der Waals surface area contributed by atoms with E-state index >= 15 is 0 Å². The van der Waals surface area contributed by atoms with E-state index in [1.807, 2.05) is 24.3 Å². The normalized spacial score (nSPS) is 22.9. The van der Waals surface area contributed by atoms with E-state index in [-0.39, 0.29) is 11.9 Å². The third kappa shape index (κ3) is 2.58. The zero-order valence-corrected chi connectivity index (χ0v) is 12.0. The maximum Gasteiger partial charge on any atom is 0.247 e. The second-order valence-corrected chi connectivity index (χ2v) is 5.92. The van der Waals surface area contributed by atoms with Gasteiger partial charge in [0.25, 0.3) is 0 Å². The zero-order valence-electron chi connectivity index (χ0n) is 10.4. The number of carbonyl (C=O) groups excluding carboxylic acids is 1. The summed E-state index contributed by atoms with van der Waals surface area (Å²) in [4.78, 5) is 14.2. The minimum Gasteiger partial charge on any atom is -0.339 e. The Morgan fingerprint density at radius 2 is 2.06 bits per heavy atom. The second-order valence-electron chi connectivity index (χ2n) is 5.01. The molecule has 2 unspecified atom stereocenters. The van der Waals surface area contributed by atoms with Gasteiger partial charge in [-0.25, -0.2) is 0 Å². The van der Waals surface area contributed by atoms with Crippen LogP contribution in [0.25, 0.3) is 0 Å². The largest absolute Gasteiger partial charge is 0.339 e. The van der Waals surface area contributed by atoms with Crippen LogP contribution in [0, 0.1) is 0 Å². The lowest BCUT2D eigenvalue weighted by atomic mass is 9.92. The van der Waals surface area contributed by atoms with Crippen LogP contribution in [0.3, 0.4) is 0 Å². The van der Waals surface area contributed by atoms with Crippen molar-refractivity contribution >= 4 is 21.8 Å². The number of likely N-dealkylation sites (tertiary alicyclic amines) is 1. The summed E-state index contributed by atoms with van der Waals surface area (Å²) in [7, 11) is 0. The lowest BCUT2D eigenvalue weighted by Gasteiger charge is -2.29. The molecule has 4 N–H and O–H groups in total. The van der Waals surface area contributed by atoms with Gasteiger partial charge in [-0.3, -0.25) is 4.79 Å². The highest BCUT2D eigenvalue weighted by Crippen LogP contribution is 2.24. The molecule has 1 aliphatic rings. The third-order valence-corrected chi connectivity index (χ3v) is 3.93. The van der Waals surface area contributed by atoms with Crippen LogP contribution in [0.15, 0.2) is 28.7 Å². The van der Waals surface area contributed by atoms with Crippen LogP contribution in [0.2, 0.25) is 0 Å². The Balaban J connectivity index is 2.19. The SMILES string of the molecule is CC(N)(C(=O)N1CCC(N)C1)c1ccc(Br)cc1. The number of benzene rings is 1. The highest BCUT2D eigenvalue weighted by Gasteiger charge is 2.36. The van der Waals surface area contributed by atoms with E-state index in [9.17, 15) is 4.79 Å². The van der Waals surface area contributed by atoms with Crippen LogP contribution in [0.5, 0.6) is 0 Å². The molecule has 1 aliphatic heterocycles. The predicted molar refractivity (Wildman–Crippen MR) is 74.9 cm³/mol. The Hall–Kier alpha value is -0.910. The summed E-state index contributed by atoms with van der Waals surface area (Å²) in [6, 6.07) is 7.61. The molecule has 0 bridgehead atoms. The number of amides is 1. The van der Waals surface area contributed by atoms with Gasteiger partial charge < -0.3 is 16.4 Å². The molecule has 1 heterocycles. The van der Waals surface area contributed by atoms with Crippen LogP contribution >= 0.6 is 15.9 Å². The van der Waals surface area contributed by atoms with Crippen molar-refractivity contribution in [2.24, 2.45) is 11.5 Å². The Kier molecular flexibility index (Phi) is 3.75. The molecule has 0 radical (unpaired) electrons. The molecular weight excluding hydrogens is 294 g/mol. The molecule has 2 atom stereocenters. The molecule has 0 saturated carbocycles. The smallest absolute Gasteiger partial charge is 0.247 e. The van der Waals surface area contributed by atoms with Gasteiger partial charge in [0, 0.05) is 23.6 Å². The fourth-order valence-corrected chi connectivity index (χ4v) is 2.48. The second kappa shape index (κ2) is 4.99. The predicted octanol–water partition coefficient (Wildman–Crippen LogP) is 1.18. The van der Waals surface area contributed by atoms with E-state index in [1.165, 1.54) is 0 Å². The van der Waals surface area contributed by atoms with Gasteiger partial charge in [-0.1, -0.05) is 28.1 Å². The first-order valence-corrected chi connectivity index (χ1v) is 6.80. The van der Waals surface area contributed by atoms with Crippen molar-refractivity contribution in [2.75, 3.05) is 13.1 Å². The molecule has 1 amide bonds. The molecule has 98 valence electrons. The first-order chi connectivity index (χ1) is 8.41. The molecule has 0 spiro atoms. The van der Waals surface area contributed by atoms with E-state index in [1.54, 1.807) is 11.8 Å². The van der Waals surface area contributed by atoms with Crippen LogP contribution in [-0.4, -0.2) is 29.9 Å². The van der Waals surface area contributed by atoms with Crippen molar-refractivity contribution in [3.05, 3.63) is 34.3 Å². The number of nitrogens with two attached hydrogens (primary N) is 2. The summed E-state index contributed by atoms with van der Waals surface area (Å²) >= 11 is 3.37. The van der Waals surface area contributed by atoms with Crippen molar-refractivity contribution in [3.8, 4) is 0 Å². The molecule has 0 aromatic heterocycles. The maximum absolute atomic E-state index is 12.4. The van der Waals surface area contributed by atoms with Crippen molar-refractivity contribution in [1.29, 1.82) is 0 Å². The van der Waals surface area contributed by atoms with Gasteiger partial charge >= 0.3 is 0 Å². The Morgan fingerprint density at radius 1 is 1.44 bits per heavy atom. The van der Waals surface area contributed by atoms with E-state index < -0.39 is 5.54 Å². The summed E-state index contributed by atoms with van der Waals surface area (Å²) in [5.74, 6) is -0.0576. The van der Waals surface area contributed by atoms with Crippen LogP contribution in [0.1, 0.15) is 18.9 Å². The minimum absolute atomic E-state index is 0.0576. The number of hydrogen-bond donors (Lipinski definition) is 2. The molecule has 1 fully saturated rings. The molecule has 1 aromatic carbocycles. The Labute approximate surface area is 115 Å². The summed E-state index contributed by atoms with van der Waals surface area (Å²) in [5, 5.41) is 0. The highest BCUT2D eigenvalue weighted by atomic mass is 79.9. The van der Waals surface area contributed by atoms with Gasteiger partial charge in [-0.15, -0.1) is 0 Å². The first-order valence-electron chi connectivity index (χ1n) is 6.01. The molecule has 1 saturated heterocycles. The molecule has 4 nitrogen and oxygen atoms in total. The molecule has 1 aromatic rings. The average Bonchev–Trinajstić information content (AvgIpc) is 2.75. The van der Waals surface area contributed by atoms with Gasteiger partial charge in [-0.2, -0.15) is 0 Å². The number of rotatable bonds is 2. The Morgan fingerprint density at radius 3 is 2.56 bits per heavy atom. The van der Waals surface area contributed by atoms with Gasteiger partial charge in [0.1, 0.15) is 5.54 Å². The fraction of sp³-hybridized carbons (Fsp3) is 0.462. The van der Waals surface area contributed by atoms with E-state index in [0.29, 0.717) is 13.1 Å². The van der Waals surface area contributed by atoms with Crippen molar-refractivity contribution in [1.82, 2.24) is 4.90 Å². The summed E-state index contributed by atoms with van der Waals surface area (Å²) in [6.07, 6.45) is 0.849. The summed E-state index contributed by atoms with van der Waals surface area (Å²) < 4.78 is 0.970. The standard InChI is InChI=1S/C13H18BrN3O/c1-13(16,9-2-4-10(14)5-3-9)12(18)17-7-6-11(15)8-17/h2-5,11H,6-8,15-16H2,1H3. The van der Waals surface area contributed by atoms with Crippen LogP contribution < -0.4 is 11.5 Å². The lowest BCUT2D eigenvalue weighted by Crippen LogP contribution is -2.50. The first kappa shape index (κ1) is 13.5. The number of carbonyl (C=O) groups is 1. The third-order valence-electron chi connectivity index (χ3n) is 3.40. The van der Waals surface area contributed by atoms with Crippen LogP contribution in [-0.2, 0) is 10.3 Å². The molecule has 2 rings (SSSR count). The Bertz CT molecular complexity index is 444. The quantitative estimate of drug-likeness (QED) is 0.861. The minimum atomic E-state index is -0.995. The molecule has 18 heavy (non-hydrogen) atoms. The monoisotopic (exact) mass is 311 g/mol. The van der Waals surface area contributed by atoms with E-state index in [0.717, 1.165) is 16.5 Å². The summed E-state index contributed by atoms with van der Waals surface area (Å²) in [6.45, 7) is 3.05. The van der Waals surface area contributed by atoms with Crippen LogP contribution in [0.4, 0.5) is 0 Å². The van der Waals surface area contributed by atoms with E-state index in [2.05, 4.69) is 15.9 Å². The topological polar surface area (TPSA) is 72.4 Å². The van der Waals surface area contributed by atoms with Gasteiger partial charge in [-0.05, 0) is 31.0 Å². The van der Waals surface area contributed by atoms with Gasteiger partial charge in [0.2, 0.25) is 5.91 Å².